The molecular formula is C16H18FNO2. The Kier molecular flexibility index (Phi) is 4.58. The fraction of sp³-hybridized carbons (Fsp3) is 0.250. The van der Waals surface area contributed by atoms with Crippen molar-refractivity contribution >= 4 is 0 Å². The maximum absolute atomic E-state index is 12.8. The quantitative estimate of drug-likeness (QED) is 0.909. The number of hydrogen-bond donors (Lipinski definition) is 1. The molecule has 0 saturated heterocycles. The van der Waals surface area contributed by atoms with E-state index in [-0.39, 0.29) is 11.9 Å². The molecule has 2 N–H and O–H groups in total. The summed E-state index contributed by atoms with van der Waals surface area (Å²) in [5.74, 6) is 1.14. The summed E-state index contributed by atoms with van der Waals surface area (Å²) in [5, 5.41) is 0. The molecule has 20 heavy (non-hydrogen) atoms. The molecule has 0 bridgehead atoms. The van der Waals surface area contributed by atoms with E-state index in [2.05, 4.69) is 0 Å². The topological polar surface area (TPSA) is 44.5 Å². The van der Waals surface area contributed by atoms with Crippen molar-refractivity contribution in [1.82, 2.24) is 0 Å². The Hall–Kier alpha value is -2.07. The minimum atomic E-state index is -0.258. The van der Waals surface area contributed by atoms with E-state index in [1.54, 1.807) is 19.2 Å². The Labute approximate surface area is 118 Å². The Morgan fingerprint density at radius 2 is 1.85 bits per heavy atom. The second kappa shape index (κ2) is 6.39. The molecular weight excluding hydrogens is 257 g/mol. The van der Waals surface area contributed by atoms with E-state index in [9.17, 15) is 4.39 Å². The Morgan fingerprint density at radius 1 is 1.15 bits per heavy atom. The summed E-state index contributed by atoms with van der Waals surface area (Å²) in [6.45, 7) is 2.25. The molecule has 0 aliphatic heterocycles. The molecule has 3 nitrogen and oxygen atoms in total. The third kappa shape index (κ3) is 3.48. The predicted octanol–water partition coefficient (Wildman–Crippen LogP) is 3.43. The van der Waals surface area contributed by atoms with E-state index >= 15 is 0 Å². The zero-order valence-electron chi connectivity index (χ0n) is 11.6. The highest BCUT2D eigenvalue weighted by Crippen LogP contribution is 2.29. The fourth-order valence-electron chi connectivity index (χ4n) is 1.88. The van der Waals surface area contributed by atoms with Crippen molar-refractivity contribution in [2.45, 2.75) is 19.6 Å². The smallest absolute Gasteiger partial charge is 0.128 e. The molecule has 0 saturated carbocycles. The molecule has 4 heteroatoms. The normalized spacial score (nSPS) is 12.0. The molecule has 0 amide bonds. The predicted molar refractivity (Wildman–Crippen MR) is 76.3 cm³/mol. The monoisotopic (exact) mass is 275 g/mol. The molecule has 0 fully saturated rings. The lowest BCUT2D eigenvalue weighted by molar-refractivity contribution is 0.299. The van der Waals surface area contributed by atoms with Crippen LogP contribution in [0.2, 0.25) is 0 Å². The third-order valence-corrected chi connectivity index (χ3v) is 3.02. The van der Waals surface area contributed by atoms with Gasteiger partial charge in [0.2, 0.25) is 0 Å². The van der Waals surface area contributed by atoms with Crippen molar-refractivity contribution in [2.75, 3.05) is 7.11 Å². The van der Waals surface area contributed by atoms with E-state index in [0.29, 0.717) is 18.1 Å². The van der Waals surface area contributed by atoms with Crippen LogP contribution in [0.3, 0.4) is 0 Å². The number of ether oxygens (including phenoxy) is 2. The molecule has 0 aromatic heterocycles. The first-order chi connectivity index (χ1) is 9.60. The van der Waals surface area contributed by atoms with Gasteiger partial charge in [-0.05, 0) is 30.7 Å². The molecule has 0 heterocycles. The van der Waals surface area contributed by atoms with E-state index < -0.39 is 0 Å². The number of methoxy groups -OCH3 is 1. The maximum atomic E-state index is 12.8. The van der Waals surface area contributed by atoms with Crippen LogP contribution in [0.15, 0.2) is 42.5 Å². The molecule has 2 aromatic rings. The van der Waals surface area contributed by atoms with E-state index in [1.165, 1.54) is 12.1 Å². The van der Waals surface area contributed by atoms with Gasteiger partial charge in [-0.15, -0.1) is 0 Å². The molecule has 0 aliphatic carbocycles. The second-order valence-corrected chi connectivity index (χ2v) is 4.61. The van der Waals surface area contributed by atoms with Crippen LogP contribution in [0.4, 0.5) is 4.39 Å². The first-order valence-electron chi connectivity index (χ1n) is 6.41. The van der Waals surface area contributed by atoms with Gasteiger partial charge in [0, 0.05) is 17.7 Å². The van der Waals surface area contributed by atoms with Crippen molar-refractivity contribution in [3.63, 3.8) is 0 Å². The van der Waals surface area contributed by atoms with Gasteiger partial charge >= 0.3 is 0 Å². The van der Waals surface area contributed by atoms with Gasteiger partial charge in [-0.1, -0.05) is 18.2 Å². The SMILES string of the molecule is COc1ccc(C(C)N)c(OCc2ccc(F)cc2)c1. The van der Waals surface area contributed by atoms with Crippen molar-refractivity contribution in [3.05, 3.63) is 59.4 Å². The summed E-state index contributed by atoms with van der Waals surface area (Å²) in [6.07, 6.45) is 0. The van der Waals surface area contributed by atoms with Crippen LogP contribution in [0.25, 0.3) is 0 Å². The van der Waals surface area contributed by atoms with Crippen molar-refractivity contribution in [3.8, 4) is 11.5 Å². The van der Waals surface area contributed by atoms with Gasteiger partial charge < -0.3 is 15.2 Å². The second-order valence-electron chi connectivity index (χ2n) is 4.61. The maximum Gasteiger partial charge on any atom is 0.128 e. The summed E-state index contributed by atoms with van der Waals surface area (Å²) in [5.41, 5.74) is 7.73. The zero-order chi connectivity index (χ0) is 14.5. The molecule has 106 valence electrons. The molecule has 1 atom stereocenters. The fourth-order valence-corrected chi connectivity index (χ4v) is 1.88. The van der Waals surface area contributed by atoms with Gasteiger partial charge in [0.15, 0.2) is 0 Å². The lowest BCUT2D eigenvalue weighted by Crippen LogP contribution is -2.08. The minimum absolute atomic E-state index is 0.135. The van der Waals surface area contributed by atoms with Gasteiger partial charge in [0.1, 0.15) is 23.9 Å². The highest BCUT2D eigenvalue weighted by atomic mass is 19.1. The number of hydrogen-bond acceptors (Lipinski definition) is 3. The van der Waals surface area contributed by atoms with E-state index in [4.69, 9.17) is 15.2 Å². The first kappa shape index (κ1) is 14.3. The summed E-state index contributed by atoms with van der Waals surface area (Å²) >= 11 is 0. The summed E-state index contributed by atoms with van der Waals surface area (Å²) in [4.78, 5) is 0. The van der Waals surface area contributed by atoms with Gasteiger partial charge in [0.05, 0.1) is 7.11 Å². The number of rotatable bonds is 5. The Balaban J connectivity index is 2.16. The van der Waals surface area contributed by atoms with Crippen LogP contribution >= 0.6 is 0 Å². The van der Waals surface area contributed by atoms with Gasteiger partial charge in [-0.2, -0.15) is 0 Å². The van der Waals surface area contributed by atoms with Crippen LogP contribution in [-0.4, -0.2) is 7.11 Å². The van der Waals surface area contributed by atoms with Crippen LogP contribution in [-0.2, 0) is 6.61 Å². The van der Waals surface area contributed by atoms with Crippen LogP contribution < -0.4 is 15.2 Å². The number of halogens is 1. The molecule has 0 spiro atoms. The van der Waals surface area contributed by atoms with Crippen LogP contribution in [0.1, 0.15) is 24.1 Å². The molecule has 1 unspecified atom stereocenters. The minimum Gasteiger partial charge on any atom is -0.497 e. The number of benzene rings is 2. The first-order valence-corrected chi connectivity index (χ1v) is 6.41. The summed E-state index contributed by atoms with van der Waals surface area (Å²) in [7, 11) is 1.60. The largest absolute Gasteiger partial charge is 0.497 e. The van der Waals surface area contributed by atoms with Crippen molar-refractivity contribution < 1.29 is 13.9 Å². The standard InChI is InChI=1S/C16H18FNO2/c1-11(18)15-8-7-14(19-2)9-16(15)20-10-12-3-5-13(17)6-4-12/h3-9,11H,10,18H2,1-2H3. The van der Waals surface area contributed by atoms with Crippen LogP contribution in [0.5, 0.6) is 11.5 Å². The summed E-state index contributed by atoms with van der Waals surface area (Å²) < 4.78 is 23.8. The average molecular weight is 275 g/mol. The van der Waals surface area contributed by atoms with Gasteiger partial charge in [0.25, 0.3) is 0 Å². The number of nitrogens with two attached hydrogens (primary N) is 1. The van der Waals surface area contributed by atoms with Crippen molar-refractivity contribution in [2.24, 2.45) is 5.73 Å². The Bertz CT molecular complexity index is 567. The van der Waals surface area contributed by atoms with E-state index in [1.807, 2.05) is 25.1 Å². The van der Waals surface area contributed by atoms with Gasteiger partial charge in [-0.25, -0.2) is 4.39 Å². The highest BCUT2D eigenvalue weighted by Gasteiger charge is 2.10. The molecule has 0 radical (unpaired) electrons. The Morgan fingerprint density at radius 3 is 2.45 bits per heavy atom. The molecule has 2 rings (SSSR count). The highest BCUT2D eigenvalue weighted by molar-refractivity contribution is 5.42. The van der Waals surface area contributed by atoms with E-state index in [0.717, 1.165) is 11.1 Å². The van der Waals surface area contributed by atoms with Gasteiger partial charge in [-0.3, -0.25) is 0 Å². The average Bonchev–Trinajstić information content (AvgIpc) is 2.46. The molecule has 0 aliphatic rings. The third-order valence-electron chi connectivity index (χ3n) is 3.02. The lowest BCUT2D eigenvalue weighted by Gasteiger charge is -2.15. The lowest BCUT2D eigenvalue weighted by atomic mass is 10.1. The molecule has 2 aromatic carbocycles. The van der Waals surface area contributed by atoms with Crippen molar-refractivity contribution in [1.29, 1.82) is 0 Å². The zero-order valence-corrected chi connectivity index (χ0v) is 11.6. The summed E-state index contributed by atoms with van der Waals surface area (Å²) in [6, 6.07) is 11.6. The van der Waals surface area contributed by atoms with Crippen LogP contribution in [0, 0.1) is 5.82 Å².